The molecule has 1 aliphatic rings. The molecule has 1 fully saturated rings. The molecule has 5 heteroatoms. The topological polar surface area (TPSA) is 20.3 Å². The summed E-state index contributed by atoms with van der Waals surface area (Å²) in [6.07, 6.45) is 1.89. The number of hydrogen-bond donors (Lipinski definition) is 0. The van der Waals surface area contributed by atoms with E-state index in [0.29, 0.717) is 9.23 Å². The lowest BCUT2D eigenvalue weighted by molar-refractivity contribution is -0.113. The molecule has 1 amide bonds. The Morgan fingerprint density at radius 3 is 2.57 bits per heavy atom. The van der Waals surface area contributed by atoms with Gasteiger partial charge in [-0.1, -0.05) is 54.3 Å². The van der Waals surface area contributed by atoms with Crippen LogP contribution in [0.4, 0.5) is 5.69 Å². The fourth-order valence-corrected chi connectivity index (χ4v) is 3.88. The minimum absolute atomic E-state index is 0.0601. The summed E-state index contributed by atoms with van der Waals surface area (Å²) in [5, 5.41) is 0. The van der Waals surface area contributed by atoms with Gasteiger partial charge < -0.3 is 0 Å². The number of anilines is 1. The third kappa shape index (κ3) is 3.20. The number of benzene rings is 2. The maximum Gasteiger partial charge on any atom is 0.270 e. The molecule has 0 atom stereocenters. The highest BCUT2D eigenvalue weighted by atomic mass is 127. The highest BCUT2D eigenvalue weighted by Gasteiger charge is 2.33. The number of carbonyl (C=O) groups is 1. The molecule has 104 valence electrons. The average molecular weight is 423 g/mol. The number of halogens is 1. The van der Waals surface area contributed by atoms with Crippen molar-refractivity contribution in [2.24, 2.45) is 0 Å². The van der Waals surface area contributed by atoms with Crippen molar-refractivity contribution in [2.75, 3.05) is 4.90 Å². The van der Waals surface area contributed by atoms with E-state index in [0.717, 1.165) is 14.8 Å². The van der Waals surface area contributed by atoms with Crippen molar-refractivity contribution in [3.8, 4) is 0 Å². The molecule has 0 saturated carbocycles. The number of thioether (sulfide) groups is 1. The van der Waals surface area contributed by atoms with Gasteiger partial charge in [-0.25, -0.2) is 0 Å². The Morgan fingerprint density at radius 1 is 1.10 bits per heavy atom. The minimum Gasteiger partial charge on any atom is -0.268 e. The summed E-state index contributed by atoms with van der Waals surface area (Å²) in [7, 11) is 0. The predicted molar refractivity (Wildman–Crippen MR) is 101 cm³/mol. The van der Waals surface area contributed by atoms with Crippen LogP contribution in [0.3, 0.4) is 0 Å². The first kappa shape index (κ1) is 14.7. The molecule has 1 saturated heterocycles. The molecule has 0 unspecified atom stereocenters. The lowest BCUT2D eigenvalue weighted by Gasteiger charge is -2.13. The molecule has 21 heavy (non-hydrogen) atoms. The summed E-state index contributed by atoms with van der Waals surface area (Å²) in [5.41, 5.74) is 1.82. The Hall–Kier alpha value is -1.18. The first-order chi connectivity index (χ1) is 10.1. The zero-order valence-corrected chi connectivity index (χ0v) is 14.6. The maximum atomic E-state index is 12.6. The molecule has 0 N–H and O–H groups in total. The molecule has 1 aliphatic heterocycles. The van der Waals surface area contributed by atoms with Gasteiger partial charge in [0.05, 0.1) is 10.6 Å². The van der Waals surface area contributed by atoms with Gasteiger partial charge in [0.25, 0.3) is 5.91 Å². The van der Waals surface area contributed by atoms with Crippen molar-refractivity contribution >= 4 is 68.6 Å². The molecule has 1 heterocycles. The van der Waals surface area contributed by atoms with Crippen LogP contribution in [-0.2, 0) is 4.79 Å². The summed E-state index contributed by atoms with van der Waals surface area (Å²) in [4.78, 5) is 14.8. The maximum absolute atomic E-state index is 12.6. The van der Waals surface area contributed by atoms with Crippen LogP contribution in [0, 0.1) is 3.57 Å². The van der Waals surface area contributed by atoms with Crippen molar-refractivity contribution in [3.63, 3.8) is 0 Å². The standard InChI is InChI=1S/C16H10INOS2/c17-12-6-4-5-11(9-12)10-14-15(19)18(16(20)21-14)13-7-2-1-3-8-13/h1-10H. The van der Waals surface area contributed by atoms with Gasteiger partial charge in [-0.15, -0.1) is 0 Å². The second-order valence-corrected chi connectivity index (χ2v) is 7.33. The van der Waals surface area contributed by atoms with Gasteiger partial charge in [0.15, 0.2) is 4.32 Å². The lowest BCUT2D eigenvalue weighted by atomic mass is 10.2. The van der Waals surface area contributed by atoms with Crippen molar-refractivity contribution in [2.45, 2.75) is 0 Å². The summed E-state index contributed by atoms with van der Waals surface area (Å²) in [5.74, 6) is -0.0601. The van der Waals surface area contributed by atoms with Crippen molar-refractivity contribution < 1.29 is 4.79 Å². The summed E-state index contributed by atoms with van der Waals surface area (Å²) in [6.45, 7) is 0. The molecule has 0 bridgehead atoms. The highest BCUT2D eigenvalue weighted by Crippen LogP contribution is 2.35. The quantitative estimate of drug-likeness (QED) is 0.397. The van der Waals surface area contributed by atoms with E-state index in [9.17, 15) is 4.79 Å². The Kier molecular flexibility index (Phi) is 4.42. The van der Waals surface area contributed by atoms with Gasteiger partial charge in [-0.05, 0) is 58.5 Å². The van der Waals surface area contributed by atoms with Crippen LogP contribution in [0.2, 0.25) is 0 Å². The van der Waals surface area contributed by atoms with E-state index in [1.807, 2.05) is 60.7 Å². The molecule has 0 aliphatic carbocycles. The molecule has 0 spiro atoms. The van der Waals surface area contributed by atoms with E-state index in [2.05, 4.69) is 22.6 Å². The Morgan fingerprint density at radius 2 is 1.86 bits per heavy atom. The number of hydrogen-bond acceptors (Lipinski definition) is 3. The van der Waals surface area contributed by atoms with Gasteiger partial charge in [-0.3, -0.25) is 9.69 Å². The average Bonchev–Trinajstić information content (AvgIpc) is 2.74. The molecule has 2 nitrogen and oxygen atoms in total. The monoisotopic (exact) mass is 423 g/mol. The van der Waals surface area contributed by atoms with Crippen molar-refractivity contribution in [1.29, 1.82) is 0 Å². The first-order valence-corrected chi connectivity index (χ1v) is 8.54. The van der Waals surface area contributed by atoms with Gasteiger partial charge >= 0.3 is 0 Å². The Balaban J connectivity index is 1.94. The van der Waals surface area contributed by atoms with Gasteiger partial charge in [0.2, 0.25) is 0 Å². The smallest absolute Gasteiger partial charge is 0.268 e. The van der Waals surface area contributed by atoms with Crippen LogP contribution in [0.15, 0.2) is 59.5 Å². The number of nitrogens with zero attached hydrogens (tertiary/aromatic N) is 1. The Labute approximate surface area is 146 Å². The zero-order valence-electron chi connectivity index (χ0n) is 10.8. The van der Waals surface area contributed by atoms with Crippen LogP contribution in [0.5, 0.6) is 0 Å². The second-order valence-electron chi connectivity index (χ2n) is 4.41. The van der Waals surface area contributed by atoms with Crippen LogP contribution in [-0.4, -0.2) is 10.2 Å². The Bertz CT molecular complexity index is 743. The number of rotatable bonds is 2. The number of amides is 1. The van der Waals surface area contributed by atoms with Crippen LogP contribution in [0.25, 0.3) is 6.08 Å². The fraction of sp³-hybridized carbons (Fsp3) is 0. The zero-order chi connectivity index (χ0) is 14.8. The third-order valence-corrected chi connectivity index (χ3v) is 4.93. The molecule has 0 aromatic heterocycles. The second kappa shape index (κ2) is 6.29. The van der Waals surface area contributed by atoms with Crippen LogP contribution in [0.1, 0.15) is 5.56 Å². The molecule has 2 aromatic carbocycles. The highest BCUT2D eigenvalue weighted by molar-refractivity contribution is 14.1. The number of para-hydroxylation sites is 1. The van der Waals surface area contributed by atoms with E-state index < -0.39 is 0 Å². The van der Waals surface area contributed by atoms with E-state index in [4.69, 9.17) is 12.2 Å². The third-order valence-electron chi connectivity index (χ3n) is 2.95. The van der Waals surface area contributed by atoms with Crippen molar-refractivity contribution in [3.05, 3.63) is 68.6 Å². The summed E-state index contributed by atoms with van der Waals surface area (Å²) >= 11 is 8.95. The van der Waals surface area contributed by atoms with Gasteiger partial charge in [-0.2, -0.15) is 0 Å². The van der Waals surface area contributed by atoms with E-state index in [1.54, 1.807) is 4.90 Å². The summed E-state index contributed by atoms with van der Waals surface area (Å²) < 4.78 is 1.71. The number of thiocarbonyl (C=S) groups is 1. The van der Waals surface area contributed by atoms with Gasteiger partial charge in [0.1, 0.15) is 0 Å². The SMILES string of the molecule is O=C1C(=Cc2cccc(I)c2)SC(=S)N1c1ccccc1. The molecular weight excluding hydrogens is 413 g/mol. The minimum atomic E-state index is -0.0601. The van der Waals surface area contributed by atoms with E-state index in [-0.39, 0.29) is 5.91 Å². The summed E-state index contributed by atoms with van der Waals surface area (Å²) in [6, 6.07) is 17.5. The largest absolute Gasteiger partial charge is 0.270 e. The van der Waals surface area contributed by atoms with Crippen LogP contribution < -0.4 is 4.90 Å². The number of carbonyl (C=O) groups excluding carboxylic acids is 1. The van der Waals surface area contributed by atoms with Crippen LogP contribution >= 0.6 is 46.6 Å². The first-order valence-electron chi connectivity index (χ1n) is 6.24. The van der Waals surface area contributed by atoms with Crippen molar-refractivity contribution in [1.82, 2.24) is 0 Å². The predicted octanol–water partition coefficient (Wildman–Crippen LogP) is 4.70. The lowest BCUT2D eigenvalue weighted by Crippen LogP contribution is -2.27. The normalized spacial score (nSPS) is 16.8. The molecule has 3 rings (SSSR count). The van der Waals surface area contributed by atoms with E-state index in [1.165, 1.54) is 11.8 Å². The molecular formula is C16H10INOS2. The molecule has 0 radical (unpaired) electrons. The van der Waals surface area contributed by atoms with E-state index >= 15 is 0 Å². The van der Waals surface area contributed by atoms with Gasteiger partial charge in [0, 0.05) is 3.57 Å². The molecule has 2 aromatic rings. The fourth-order valence-electron chi connectivity index (χ4n) is 2.02.